The van der Waals surface area contributed by atoms with Gasteiger partial charge in [-0.2, -0.15) is 0 Å². The van der Waals surface area contributed by atoms with Gasteiger partial charge >= 0.3 is 5.97 Å². The van der Waals surface area contributed by atoms with E-state index >= 15 is 0 Å². The molecule has 2 atom stereocenters. The zero-order valence-corrected chi connectivity index (χ0v) is 25.6. The van der Waals surface area contributed by atoms with Crippen molar-refractivity contribution in [2.45, 2.75) is 193 Å². The van der Waals surface area contributed by atoms with Gasteiger partial charge < -0.3 is 19.7 Å². The van der Waals surface area contributed by atoms with E-state index in [1.165, 1.54) is 128 Å². The van der Waals surface area contributed by atoms with Crippen LogP contribution in [0.4, 0.5) is 0 Å². The summed E-state index contributed by atoms with van der Waals surface area (Å²) >= 11 is 0. The van der Waals surface area contributed by atoms with Crippen molar-refractivity contribution in [2.24, 2.45) is 0 Å². The quantitative estimate of drug-likeness (QED) is 0.0518. The highest BCUT2D eigenvalue weighted by atomic mass is 16.7. The summed E-state index contributed by atoms with van der Waals surface area (Å²) in [6.45, 7) is 4.43. The zero-order chi connectivity index (χ0) is 27.9. The first-order valence-corrected chi connectivity index (χ1v) is 16.8. The van der Waals surface area contributed by atoms with Crippen molar-refractivity contribution in [2.75, 3.05) is 13.2 Å². The second-order valence-electron chi connectivity index (χ2n) is 11.4. The van der Waals surface area contributed by atoms with Crippen LogP contribution in [0.15, 0.2) is 0 Å². The molecule has 0 aliphatic rings. The van der Waals surface area contributed by atoms with Crippen LogP contribution in [0.5, 0.6) is 0 Å². The second kappa shape index (κ2) is 30.9. The maximum atomic E-state index is 12.2. The van der Waals surface area contributed by atoms with Crippen LogP contribution in [0.2, 0.25) is 0 Å². The first-order chi connectivity index (χ1) is 18.7. The van der Waals surface area contributed by atoms with Crippen molar-refractivity contribution in [3.05, 3.63) is 0 Å². The van der Waals surface area contributed by atoms with Gasteiger partial charge in [-0.1, -0.05) is 162 Å². The molecule has 0 heterocycles. The van der Waals surface area contributed by atoms with E-state index in [1.807, 2.05) is 0 Å². The van der Waals surface area contributed by atoms with E-state index in [0.717, 1.165) is 32.1 Å². The third kappa shape index (κ3) is 26.9. The molecule has 5 nitrogen and oxygen atoms in total. The van der Waals surface area contributed by atoms with Crippen LogP contribution < -0.4 is 0 Å². The van der Waals surface area contributed by atoms with Crippen LogP contribution in [-0.4, -0.2) is 41.8 Å². The largest absolute Gasteiger partial charge is 0.433 e. The monoisotopic (exact) mass is 542 g/mol. The fourth-order valence-corrected chi connectivity index (χ4v) is 4.93. The van der Waals surface area contributed by atoms with Crippen molar-refractivity contribution in [1.29, 1.82) is 0 Å². The van der Waals surface area contributed by atoms with Crippen molar-refractivity contribution < 1.29 is 24.5 Å². The number of ether oxygens (including phenoxy) is 2. The molecule has 0 spiro atoms. The van der Waals surface area contributed by atoms with Gasteiger partial charge in [0, 0.05) is 6.42 Å². The highest BCUT2D eigenvalue weighted by Gasteiger charge is 2.23. The molecule has 0 amide bonds. The Morgan fingerprint density at radius 1 is 0.553 bits per heavy atom. The van der Waals surface area contributed by atoms with Crippen LogP contribution >= 0.6 is 0 Å². The number of carbonyl (C=O) groups is 1. The lowest BCUT2D eigenvalue weighted by Crippen LogP contribution is -2.36. The van der Waals surface area contributed by atoms with E-state index in [4.69, 9.17) is 9.47 Å². The Hall–Kier alpha value is -0.650. The van der Waals surface area contributed by atoms with E-state index in [1.54, 1.807) is 0 Å². The average molecular weight is 543 g/mol. The third-order valence-electron chi connectivity index (χ3n) is 7.51. The lowest BCUT2D eigenvalue weighted by atomic mass is 10.0. The first kappa shape index (κ1) is 37.4. The van der Waals surface area contributed by atoms with E-state index in [9.17, 15) is 15.0 Å². The SMILES string of the molecule is CCCCCCCCCCCCCCCCCCCCCC(=O)OC(OCCCCCCCC)C(O)CO. The van der Waals surface area contributed by atoms with Crippen LogP contribution in [0.1, 0.15) is 181 Å². The van der Waals surface area contributed by atoms with Gasteiger partial charge in [-0.25, -0.2) is 0 Å². The number of carbonyl (C=O) groups excluding carboxylic acids is 1. The maximum absolute atomic E-state index is 12.2. The van der Waals surface area contributed by atoms with E-state index in [2.05, 4.69) is 13.8 Å². The minimum absolute atomic E-state index is 0.341. The van der Waals surface area contributed by atoms with E-state index < -0.39 is 19.0 Å². The maximum Gasteiger partial charge on any atom is 0.308 e. The molecule has 0 aromatic heterocycles. The summed E-state index contributed by atoms with van der Waals surface area (Å²) in [7, 11) is 0. The van der Waals surface area contributed by atoms with Gasteiger partial charge in [-0.15, -0.1) is 0 Å². The number of aliphatic hydroxyl groups excluding tert-OH is 2. The highest BCUT2D eigenvalue weighted by molar-refractivity contribution is 5.69. The fraction of sp³-hybridized carbons (Fsp3) is 0.970. The summed E-state index contributed by atoms with van der Waals surface area (Å²) in [5.74, 6) is -0.350. The second-order valence-corrected chi connectivity index (χ2v) is 11.4. The Bertz CT molecular complexity index is 470. The standard InChI is InChI=1S/C33H66O5/c1-3-5-7-9-11-12-13-14-15-16-17-18-19-20-21-22-23-24-26-28-32(36)38-33(31(35)30-34)37-29-27-25-10-8-6-4-2/h31,33-35H,3-30H2,1-2H3. The molecule has 2 unspecified atom stereocenters. The molecule has 0 fully saturated rings. The molecule has 0 bridgehead atoms. The molecular formula is C33H66O5. The summed E-state index contributed by atoms with van der Waals surface area (Å²) in [6.07, 6.45) is 30.0. The van der Waals surface area contributed by atoms with Crippen molar-refractivity contribution >= 4 is 5.97 Å². The summed E-state index contributed by atoms with van der Waals surface area (Å²) < 4.78 is 10.9. The summed E-state index contributed by atoms with van der Waals surface area (Å²) in [6, 6.07) is 0. The number of rotatable bonds is 31. The summed E-state index contributed by atoms with van der Waals surface area (Å²) in [5.41, 5.74) is 0. The molecule has 0 aromatic carbocycles. The van der Waals surface area contributed by atoms with Crippen molar-refractivity contribution in [1.82, 2.24) is 0 Å². The Balaban J connectivity index is 3.52. The smallest absolute Gasteiger partial charge is 0.308 e. The minimum atomic E-state index is -1.19. The summed E-state index contributed by atoms with van der Waals surface area (Å²) in [4.78, 5) is 12.2. The minimum Gasteiger partial charge on any atom is -0.433 e. The molecule has 0 radical (unpaired) electrons. The third-order valence-corrected chi connectivity index (χ3v) is 7.51. The number of hydrogen-bond donors (Lipinski definition) is 2. The average Bonchev–Trinajstić information content (AvgIpc) is 2.92. The number of hydrogen-bond acceptors (Lipinski definition) is 5. The molecule has 0 saturated carbocycles. The first-order valence-electron chi connectivity index (χ1n) is 16.8. The van der Waals surface area contributed by atoms with Crippen molar-refractivity contribution in [3.8, 4) is 0 Å². The molecule has 228 valence electrons. The van der Waals surface area contributed by atoms with E-state index in [0.29, 0.717) is 13.0 Å². The van der Waals surface area contributed by atoms with Crippen LogP contribution in [-0.2, 0) is 14.3 Å². The highest BCUT2D eigenvalue weighted by Crippen LogP contribution is 2.15. The predicted molar refractivity (Wildman–Crippen MR) is 160 cm³/mol. The Kier molecular flexibility index (Phi) is 30.4. The molecule has 0 aliphatic heterocycles. The van der Waals surface area contributed by atoms with Gasteiger partial charge in [0.2, 0.25) is 6.29 Å². The topological polar surface area (TPSA) is 76.0 Å². The number of aliphatic hydroxyl groups is 2. The number of unbranched alkanes of at least 4 members (excludes halogenated alkanes) is 23. The zero-order valence-electron chi connectivity index (χ0n) is 25.6. The molecular weight excluding hydrogens is 476 g/mol. The molecule has 5 heteroatoms. The fourth-order valence-electron chi connectivity index (χ4n) is 4.93. The number of esters is 1. The Morgan fingerprint density at radius 3 is 1.26 bits per heavy atom. The van der Waals surface area contributed by atoms with Gasteiger partial charge in [-0.3, -0.25) is 4.79 Å². The molecule has 38 heavy (non-hydrogen) atoms. The van der Waals surface area contributed by atoms with Crippen molar-refractivity contribution in [3.63, 3.8) is 0 Å². The summed E-state index contributed by atoms with van der Waals surface area (Å²) in [5, 5.41) is 19.2. The molecule has 0 aliphatic carbocycles. The van der Waals surface area contributed by atoms with Gasteiger partial charge in [-0.05, 0) is 12.8 Å². The van der Waals surface area contributed by atoms with Gasteiger partial charge in [0.05, 0.1) is 13.2 Å². The lowest BCUT2D eigenvalue weighted by molar-refractivity contribution is -0.208. The van der Waals surface area contributed by atoms with Gasteiger partial charge in [0.1, 0.15) is 6.10 Å². The van der Waals surface area contributed by atoms with Crippen LogP contribution in [0, 0.1) is 0 Å². The molecule has 0 saturated heterocycles. The van der Waals surface area contributed by atoms with Gasteiger partial charge in [0.15, 0.2) is 0 Å². The Labute approximate surface area is 236 Å². The van der Waals surface area contributed by atoms with E-state index in [-0.39, 0.29) is 5.97 Å². The van der Waals surface area contributed by atoms with Crippen LogP contribution in [0.25, 0.3) is 0 Å². The molecule has 0 aromatic rings. The molecule has 0 rings (SSSR count). The normalized spacial score (nSPS) is 13.1. The predicted octanol–water partition coefficient (Wildman–Crippen LogP) is 9.41. The Morgan fingerprint density at radius 2 is 0.895 bits per heavy atom. The van der Waals surface area contributed by atoms with Crippen LogP contribution in [0.3, 0.4) is 0 Å². The van der Waals surface area contributed by atoms with Gasteiger partial charge in [0.25, 0.3) is 0 Å². The molecule has 2 N–H and O–H groups in total. The lowest BCUT2D eigenvalue weighted by Gasteiger charge is -2.22.